The Hall–Kier alpha value is -4.34. The molecule has 7 nitrogen and oxygen atoms in total. The number of hydrogen-bond acceptors (Lipinski definition) is 6. The summed E-state index contributed by atoms with van der Waals surface area (Å²) in [5.74, 6) is -1.50. The molecule has 0 saturated carbocycles. The number of nitrogens with zero attached hydrogens (tertiary/aromatic N) is 1. The molecule has 0 bridgehead atoms. The first kappa shape index (κ1) is 29.7. The van der Waals surface area contributed by atoms with Gasteiger partial charge in [-0.05, 0) is 59.4 Å². The van der Waals surface area contributed by atoms with Gasteiger partial charge in [0.25, 0.3) is 5.91 Å². The van der Waals surface area contributed by atoms with E-state index in [-0.39, 0.29) is 45.0 Å². The van der Waals surface area contributed by atoms with E-state index in [1.165, 1.54) is 29.2 Å². The van der Waals surface area contributed by atoms with Gasteiger partial charge >= 0.3 is 0 Å². The Balaban J connectivity index is 1.57. The molecule has 2 aliphatic heterocycles. The summed E-state index contributed by atoms with van der Waals surface area (Å²) in [5, 5.41) is 14.3. The fourth-order valence-corrected chi connectivity index (χ4v) is 8.56. The molecule has 0 aromatic heterocycles. The van der Waals surface area contributed by atoms with Gasteiger partial charge in [0.05, 0.1) is 21.9 Å². The van der Waals surface area contributed by atoms with Crippen LogP contribution in [0, 0.1) is 11.2 Å². The van der Waals surface area contributed by atoms with Crippen molar-refractivity contribution in [3.05, 3.63) is 129 Å². The number of benzene rings is 4. The maximum absolute atomic E-state index is 15.1. The van der Waals surface area contributed by atoms with Gasteiger partial charge in [0.1, 0.15) is 35.7 Å². The number of halogens is 2. The number of nitrogens with one attached hydrogen (secondary N) is 1. The summed E-state index contributed by atoms with van der Waals surface area (Å²) in [4.78, 5) is 15.5. The molecule has 0 saturated heterocycles. The SMILES string of the molecule is CC1(C)CC2=C(C(c3ccc(OCc4ccccc4)cc3Cl)N(C(=O)c3ccccc3F)c3cccc(O)c3N2)S(=O)(=O)C1. The summed E-state index contributed by atoms with van der Waals surface area (Å²) in [7, 11) is -4.02. The smallest absolute Gasteiger partial charge is 0.262 e. The Morgan fingerprint density at radius 3 is 2.50 bits per heavy atom. The zero-order valence-corrected chi connectivity index (χ0v) is 25.6. The van der Waals surface area contributed by atoms with E-state index in [1.54, 1.807) is 30.3 Å². The average Bonchev–Trinajstić information content (AvgIpc) is 3.11. The summed E-state index contributed by atoms with van der Waals surface area (Å²) >= 11 is 6.90. The Morgan fingerprint density at radius 1 is 1.05 bits per heavy atom. The highest BCUT2D eigenvalue weighted by Crippen LogP contribution is 2.52. The molecule has 1 unspecified atom stereocenters. The lowest BCUT2D eigenvalue weighted by Gasteiger charge is -2.38. The third-order valence-corrected chi connectivity index (χ3v) is 10.4. The molecule has 4 aromatic rings. The second-order valence-corrected chi connectivity index (χ2v) is 14.1. The molecule has 0 aliphatic carbocycles. The molecule has 2 heterocycles. The predicted octanol–water partition coefficient (Wildman–Crippen LogP) is 7.63. The molecule has 6 rings (SSSR count). The second kappa shape index (κ2) is 11.3. The standard InChI is InChI=1S/C34H30ClFN2O5S/c1-34(2)18-27-32(44(41,42)20-34)31(23-16-15-22(17-25(23)35)43-19-21-9-4-3-5-10-21)38(28-13-8-14-29(39)30(28)37-27)33(40)24-11-6-7-12-26(24)36/h3-17,31,37,39H,18-20H2,1-2H3. The van der Waals surface area contributed by atoms with E-state index in [9.17, 15) is 18.3 Å². The maximum Gasteiger partial charge on any atom is 0.262 e. The van der Waals surface area contributed by atoms with Crippen LogP contribution in [-0.2, 0) is 16.4 Å². The van der Waals surface area contributed by atoms with Gasteiger partial charge in [-0.15, -0.1) is 0 Å². The van der Waals surface area contributed by atoms with E-state index in [1.807, 2.05) is 44.2 Å². The highest BCUT2D eigenvalue weighted by molar-refractivity contribution is 7.95. The number of allylic oxidation sites excluding steroid dienone is 1. The number of carbonyl (C=O) groups is 1. The number of rotatable bonds is 5. The zero-order chi connectivity index (χ0) is 31.2. The fourth-order valence-electron chi connectivity index (χ4n) is 5.93. The lowest BCUT2D eigenvalue weighted by Crippen LogP contribution is -2.41. The predicted molar refractivity (Wildman–Crippen MR) is 169 cm³/mol. The average molecular weight is 633 g/mol. The molecular formula is C34H30ClFN2O5S. The topological polar surface area (TPSA) is 95.9 Å². The Bertz CT molecular complexity index is 1910. The summed E-state index contributed by atoms with van der Waals surface area (Å²) in [6, 6.07) is 23.2. The van der Waals surface area contributed by atoms with Gasteiger partial charge in [0, 0.05) is 10.7 Å². The minimum atomic E-state index is -4.02. The number of phenols is 1. The van der Waals surface area contributed by atoms with Crippen LogP contribution in [-0.4, -0.2) is 25.2 Å². The van der Waals surface area contributed by atoms with E-state index in [0.29, 0.717) is 23.4 Å². The molecule has 2 aliphatic rings. The van der Waals surface area contributed by atoms with Crippen LogP contribution in [0.3, 0.4) is 0 Å². The first-order valence-corrected chi connectivity index (χ1v) is 16.1. The molecule has 44 heavy (non-hydrogen) atoms. The van der Waals surface area contributed by atoms with Crippen molar-refractivity contribution >= 4 is 38.7 Å². The van der Waals surface area contributed by atoms with Crippen molar-refractivity contribution in [1.82, 2.24) is 0 Å². The molecule has 1 atom stereocenters. The van der Waals surface area contributed by atoms with Crippen LogP contribution in [0.1, 0.15) is 47.8 Å². The van der Waals surface area contributed by atoms with Crippen LogP contribution in [0.25, 0.3) is 0 Å². The minimum absolute atomic E-state index is 0.0584. The maximum atomic E-state index is 15.1. The van der Waals surface area contributed by atoms with Gasteiger partial charge in [0.2, 0.25) is 0 Å². The lowest BCUT2D eigenvalue weighted by molar-refractivity contribution is 0.0977. The lowest BCUT2D eigenvalue weighted by atomic mass is 9.88. The zero-order valence-electron chi connectivity index (χ0n) is 24.1. The molecular weight excluding hydrogens is 603 g/mol. The van der Waals surface area contributed by atoms with Gasteiger partial charge in [-0.2, -0.15) is 0 Å². The monoisotopic (exact) mass is 632 g/mol. The van der Waals surface area contributed by atoms with E-state index in [0.717, 1.165) is 11.6 Å². The Morgan fingerprint density at radius 2 is 1.77 bits per heavy atom. The van der Waals surface area contributed by atoms with Crippen molar-refractivity contribution in [3.63, 3.8) is 0 Å². The first-order chi connectivity index (χ1) is 20.9. The first-order valence-electron chi connectivity index (χ1n) is 14.0. The van der Waals surface area contributed by atoms with Crippen molar-refractivity contribution < 1.29 is 27.4 Å². The number of amides is 1. The number of sulfone groups is 1. The van der Waals surface area contributed by atoms with E-state index < -0.39 is 33.0 Å². The molecule has 226 valence electrons. The van der Waals surface area contributed by atoms with Crippen LogP contribution in [0.5, 0.6) is 11.5 Å². The summed E-state index contributed by atoms with van der Waals surface area (Å²) < 4.78 is 49.4. The van der Waals surface area contributed by atoms with Crippen molar-refractivity contribution in [2.75, 3.05) is 16.0 Å². The largest absolute Gasteiger partial charge is 0.506 e. The number of carbonyl (C=O) groups excluding carboxylic acids is 1. The minimum Gasteiger partial charge on any atom is -0.506 e. The van der Waals surface area contributed by atoms with Gasteiger partial charge in [0.15, 0.2) is 9.84 Å². The van der Waals surface area contributed by atoms with Gasteiger partial charge in [-0.3, -0.25) is 9.69 Å². The van der Waals surface area contributed by atoms with E-state index >= 15 is 4.39 Å². The molecule has 0 radical (unpaired) electrons. The number of para-hydroxylation sites is 1. The number of phenolic OH excluding ortho intramolecular Hbond substituents is 1. The number of aromatic hydroxyl groups is 1. The Labute approximate surface area is 260 Å². The van der Waals surface area contributed by atoms with Crippen LogP contribution in [0.4, 0.5) is 15.8 Å². The van der Waals surface area contributed by atoms with Gasteiger partial charge < -0.3 is 15.2 Å². The van der Waals surface area contributed by atoms with Crippen molar-refractivity contribution in [1.29, 1.82) is 0 Å². The van der Waals surface area contributed by atoms with Crippen molar-refractivity contribution in [2.45, 2.75) is 32.9 Å². The fraction of sp³-hybridized carbons (Fsp3) is 0.206. The number of hydrogen-bond donors (Lipinski definition) is 2. The van der Waals surface area contributed by atoms with Crippen molar-refractivity contribution in [3.8, 4) is 11.5 Å². The second-order valence-electron chi connectivity index (χ2n) is 11.8. The molecule has 0 spiro atoms. The third-order valence-electron chi connectivity index (χ3n) is 7.77. The number of fused-ring (bicyclic) bond motifs is 1. The molecule has 0 fully saturated rings. The third kappa shape index (κ3) is 5.53. The van der Waals surface area contributed by atoms with Gasteiger partial charge in [-0.1, -0.05) is 80.0 Å². The number of anilines is 2. The van der Waals surface area contributed by atoms with Gasteiger partial charge in [-0.25, -0.2) is 12.8 Å². The van der Waals surface area contributed by atoms with Crippen LogP contribution in [0.15, 0.2) is 102 Å². The molecule has 4 aromatic carbocycles. The molecule has 2 N–H and O–H groups in total. The quantitative estimate of drug-likeness (QED) is 0.220. The summed E-state index contributed by atoms with van der Waals surface area (Å²) in [5.41, 5.74) is 0.985. The molecule has 10 heteroatoms. The van der Waals surface area contributed by atoms with E-state index in [4.69, 9.17) is 16.3 Å². The normalized spacial score (nSPS) is 18.5. The Kier molecular flexibility index (Phi) is 7.63. The number of ether oxygens (including phenoxy) is 1. The highest BCUT2D eigenvalue weighted by atomic mass is 35.5. The summed E-state index contributed by atoms with van der Waals surface area (Å²) in [6.45, 7) is 3.97. The van der Waals surface area contributed by atoms with Crippen LogP contribution in [0.2, 0.25) is 5.02 Å². The van der Waals surface area contributed by atoms with Crippen LogP contribution < -0.4 is 15.0 Å². The van der Waals surface area contributed by atoms with Crippen molar-refractivity contribution in [2.24, 2.45) is 5.41 Å². The summed E-state index contributed by atoms with van der Waals surface area (Å²) in [6.07, 6.45) is 0.309. The van der Waals surface area contributed by atoms with Crippen LogP contribution >= 0.6 is 11.6 Å². The molecule has 1 amide bonds. The highest BCUT2D eigenvalue weighted by Gasteiger charge is 2.48. The van der Waals surface area contributed by atoms with E-state index in [2.05, 4.69) is 5.32 Å².